The Hall–Kier alpha value is -1.52. The van der Waals surface area contributed by atoms with Crippen molar-refractivity contribution < 1.29 is 4.79 Å². The fraction of sp³-hybridized carbons (Fsp3) is 0.733. The summed E-state index contributed by atoms with van der Waals surface area (Å²) in [6.45, 7) is 5.82. The van der Waals surface area contributed by atoms with Crippen LogP contribution in [-0.4, -0.2) is 39.7 Å². The number of aryl methyl sites for hydroxylation is 2. The average molecular weight is 278 g/mol. The largest absolute Gasteiger partial charge is 0.371 e. The number of anilines is 1. The lowest BCUT2D eigenvalue weighted by molar-refractivity contribution is -0.131. The smallest absolute Gasteiger partial charge is 0.244 e. The molecule has 20 heavy (non-hydrogen) atoms. The summed E-state index contributed by atoms with van der Waals surface area (Å²) in [4.78, 5) is 14.5. The average Bonchev–Trinajstić information content (AvgIpc) is 2.66. The van der Waals surface area contributed by atoms with Crippen molar-refractivity contribution in [3.8, 4) is 0 Å². The third-order valence-corrected chi connectivity index (χ3v) is 3.90. The number of hydrogen-bond donors (Lipinski definition) is 1. The Balaban J connectivity index is 1.99. The Bertz CT molecular complexity index is 447. The molecule has 1 saturated heterocycles. The first-order chi connectivity index (χ1) is 9.61. The zero-order valence-electron chi connectivity index (χ0n) is 12.9. The lowest BCUT2D eigenvalue weighted by atomic mass is 10.2. The normalized spacial score (nSPS) is 17.6. The molecule has 0 radical (unpaired) electrons. The molecule has 1 aromatic rings. The second-order valence-electron chi connectivity index (χ2n) is 5.62. The number of carbonyl (C=O) groups is 1. The molecule has 112 valence electrons. The van der Waals surface area contributed by atoms with Gasteiger partial charge in [0.1, 0.15) is 6.04 Å². The quantitative estimate of drug-likeness (QED) is 0.918. The van der Waals surface area contributed by atoms with Crippen LogP contribution in [0.4, 0.5) is 5.69 Å². The molecule has 1 aliphatic rings. The summed E-state index contributed by atoms with van der Waals surface area (Å²) in [6, 6.07) is -0.192. The van der Waals surface area contributed by atoms with Crippen LogP contribution in [0.25, 0.3) is 0 Å². The van der Waals surface area contributed by atoms with E-state index in [-0.39, 0.29) is 11.9 Å². The predicted octanol–water partition coefficient (Wildman–Crippen LogP) is 2.19. The molecule has 1 aromatic heterocycles. The highest BCUT2D eigenvalue weighted by Crippen LogP contribution is 2.17. The van der Waals surface area contributed by atoms with Gasteiger partial charge in [-0.2, -0.15) is 5.10 Å². The fourth-order valence-corrected chi connectivity index (χ4v) is 2.78. The van der Waals surface area contributed by atoms with E-state index in [1.165, 1.54) is 12.8 Å². The van der Waals surface area contributed by atoms with Crippen molar-refractivity contribution in [1.82, 2.24) is 14.7 Å². The second kappa shape index (κ2) is 6.77. The maximum atomic E-state index is 12.5. The second-order valence-corrected chi connectivity index (χ2v) is 5.62. The Labute approximate surface area is 121 Å². The van der Waals surface area contributed by atoms with Gasteiger partial charge < -0.3 is 10.2 Å². The van der Waals surface area contributed by atoms with Gasteiger partial charge in [0.2, 0.25) is 5.91 Å². The van der Waals surface area contributed by atoms with Gasteiger partial charge in [0.25, 0.3) is 0 Å². The molecule has 1 amide bonds. The first kappa shape index (κ1) is 14.9. The lowest BCUT2D eigenvalue weighted by Gasteiger charge is -2.25. The molecular formula is C15H26N4O. The van der Waals surface area contributed by atoms with Crippen LogP contribution in [-0.2, 0) is 18.3 Å². The summed E-state index contributed by atoms with van der Waals surface area (Å²) in [5, 5.41) is 7.72. The summed E-state index contributed by atoms with van der Waals surface area (Å²) in [5.74, 6) is 0.206. The van der Waals surface area contributed by atoms with E-state index in [1.807, 2.05) is 25.1 Å². The highest BCUT2D eigenvalue weighted by atomic mass is 16.2. The molecule has 1 N–H and O–H groups in total. The van der Waals surface area contributed by atoms with E-state index in [4.69, 9.17) is 0 Å². The number of amides is 1. The van der Waals surface area contributed by atoms with Crippen LogP contribution >= 0.6 is 0 Å². The van der Waals surface area contributed by atoms with Gasteiger partial charge in [-0.15, -0.1) is 0 Å². The van der Waals surface area contributed by atoms with E-state index in [1.54, 1.807) is 4.68 Å². The molecule has 0 aromatic carbocycles. The Morgan fingerprint density at radius 2 is 2.00 bits per heavy atom. The van der Waals surface area contributed by atoms with Crippen molar-refractivity contribution in [3.63, 3.8) is 0 Å². The SMILES string of the molecule is CCc1nn(C)cc1NC(C)C(=O)N1CCCCCC1. The Morgan fingerprint density at radius 3 is 2.60 bits per heavy atom. The third-order valence-electron chi connectivity index (χ3n) is 3.90. The maximum Gasteiger partial charge on any atom is 0.244 e. The summed E-state index contributed by atoms with van der Waals surface area (Å²) in [7, 11) is 1.91. The van der Waals surface area contributed by atoms with Gasteiger partial charge in [0, 0.05) is 26.3 Å². The van der Waals surface area contributed by atoms with Crippen molar-refractivity contribution in [3.05, 3.63) is 11.9 Å². The van der Waals surface area contributed by atoms with E-state index < -0.39 is 0 Å². The van der Waals surface area contributed by atoms with Crippen LogP contribution in [0.15, 0.2) is 6.20 Å². The lowest BCUT2D eigenvalue weighted by Crippen LogP contribution is -2.41. The van der Waals surface area contributed by atoms with Gasteiger partial charge in [-0.3, -0.25) is 9.48 Å². The molecule has 1 atom stereocenters. The number of nitrogens with zero attached hydrogens (tertiary/aromatic N) is 3. The van der Waals surface area contributed by atoms with Crippen LogP contribution < -0.4 is 5.32 Å². The van der Waals surface area contributed by atoms with Gasteiger partial charge in [-0.1, -0.05) is 19.8 Å². The molecule has 1 unspecified atom stereocenters. The zero-order chi connectivity index (χ0) is 14.5. The molecule has 0 spiro atoms. The van der Waals surface area contributed by atoms with Gasteiger partial charge in [-0.05, 0) is 26.2 Å². The van der Waals surface area contributed by atoms with Gasteiger partial charge >= 0.3 is 0 Å². The van der Waals surface area contributed by atoms with Crippen LogP contribution in [0.3, 0.4) is 0 Å². The third kappa shape index (κ3) is 3.52. The Morgan fingerprint density at radius 1 is 1.35 bits per heavy atom. The molecule has 5 heteroatoms. The van der Waals surface area contributed by atoms with E-state index in [0.717, 1.165) is 43.7 Å². The number of likely N-dealkylation sites (tertiary alicyclic amines) is 1. The minimum atomic E-state index is -0.192. The monoisotopic (exact) mass is 278 g/mol. The minimum absolute atomic E-state index is 0.192. The van der Waals surface area contributed by atoms with Crippen molar-refractivity contribution in [1.29, 1.82) is 0 Å². The van der Waals surface area contributed by atoms with Crippen LogP contribution in [0.2, 0.25) is 0 Å². The number of aromatic nitrogens is 2. The van der Waals surface area contributed by atoms with E-state index >= 15 is 0 Å². The first-order valence-corrected chi connectivity index (χ1v) is 7.69. The van der Waals surface area contributed by atoms with Crippen molar-refractivity contribution in [2.24, 2.45) is 7.05 Å². The van der Waals surface area contributed by atoms with Gasteiger partial charge in [0.15, 0.2) is 0 Å². The van der Waals surface area contributed by atoms with Crippen LogP contribution in [0.1, 0.15) is 45.2 Å². The molecular weight excluding hydrogens is 252 g/mol. The molecule has 1 fully saturated rings. The van der Waals surface area contributed by atoms with Crippen molar-refractivity contribution >= 4 is 11.6 Å². The van der Waals surface area contributed by atoms with Crippen LogP contribution in [0.5, 0.6) is 0 Å². The summed E-state index contributed by atoms with van der Waals surface area (Å²) in [5.41, 5.74) is 1.99. The maximum absolute atomic E-state index is 12.5. The van der Waals surface area contributed by atoms with Gasteiger partial charge in [-0.25, -0.2) is 0 Å². The summed E-state index contributed by atoms with van der Waals surface area (Å²) >= 11 is 0. The topological polar surface area (TPSA) is 50.2 Å². The molecule has 2 heterocycles. The molecule has 5 nitrogen and oxygen atoms in total. The van der Waals surface area contributed by atoms with Crippen LogP contribution in [0, 0.1) is 0 Å². The highest BCUT2D eigenvalue weighted by molar-refractivity contribution is 5.84. The summed E-state index contributed by atoms with van der Waals surface area (Å²) < 4.78 is 1.80. The Kier molecular flexibility index (Phi) is 5.04. The van der Waals surface area contributed by atoms with E-state index in [2.05, 4.69) is 17.3 Å². The first-order valence-electron chi connectivity index (χ1n) is 7.69. The molecule has 0 aliphatic carbocycles. The number of hydrogen-bond acceptors (Lipinski definition) is 3. The van der Waals surface area contributed by atoms with Crippen molar-refractivity contribution in [2.75, 3.05) is 18.4 Å². The molecule has 1 aliphatic heterocycles. The number of carbonyl (C=O) groups excluding carboxylic acids is 1. The minimum Gasteiger partial charge on any atom is -0.371 e. The van der Waals surface area contributed by atoms with Crippen molar-refractivity contribution in [2.45, 2.75) is 52.0 Å². The summed E-state index contributed by atoms with van der Waals surface area (Å²) in [6.07, 6.45) is 7.57. The van der Waals surface area contributed by atoms with Gasteiger partial charge in [0.05, 0.1) is 11.4 Å². The number of nitrogens with one attached hydrogen (secondary N) is 1. The standard InChI is InChI=1S/C15H26N4O/c1-4-13-14(11-18(3)17-13)16-12(2)15(20)19-9-7-5-6-8-10-19/h11-12,16H,4-10H2,1-3H3. The fourth-order valence-electron chi connectivity index (χ4n) is 2.78. The zero-order valence-corrected chi connectivity index (χ0v) is 12.9. The predicted molar refractivity (Wildman–Crippen MR) is 80.7 cm³/mol. The molecule has 2 rings (SSSR count). The van der Waals surface area contributed by atoms with E-state index in [9.17, 15) is 4.79 Å². The molecule has 0 saturated carbocycles. The number of rotatable bonds is 4. The molecule has 0 bridgehead atoms. The van der Waals surface area contributed by atoms with E-state index in [0.29, 0.717) is 0 Å². The highest BCUT2D eigenvalue weighted by Gasteiger charge is 2.22.